The first-order valence-electron chi connectivity index (χ1n) is 19.8. The van der Waals surface area contributed by atoms with Crippen LogP contribution in [0.2, 0.25) is 5.04 Å². The average molecular weight is 797 g/mol. The topological polar surface area (TPSA) is 141 Å². The summed E-state index contributed by atoms with van der Waals surface area (Å²) in [5.74, 6) is -0.703. The lowest BCUT2D eigenvalue weighted by molar-refractivity contribution is -0.138. The van der Waals surface area contributed by atoms with Crippen molar-refractivity contribution < 1.29 is 19.1 Å². The Morgan fingerprint density at radius 3 is 2.04 bits per heavy atom. The summed E-state index contributed by atoms with van der Waals surface area (Å²) in [7, 11) is -2.89. The SMILES string of the molecule is CCCN(C(=O)[C@@H](N=[N+]=[N-])[C@@H](C)CC)[C@H](C[C@@H](O)c1nc(C(=O)N[C@H](CO[Si](c2ccccc2)(c2ccccc2)C(C)(C)C)Cc2ccccc2)cs1)C(C)C. The largest absolute Gasteiger partial charge is 0.405 e. The molecule has 10 nitrogen and oxygen atoms in total. The van der Waals surface area contributed by atoms with Gasteiger partial charge in [-0.05, 0) is 51.2 Å². The second-order valence-corrected chi connectivity index (χ2v) is 21.2. The van der Waals surface area contributed by atoms with Crippen LogP contribution in [0, 0.1) is 11.8 Å². The number of amides is 2. The predicted molar refractivity (Wildman–Crippen MR) is 230 cm³/mol. The number of nitrogens with zero attached hydrogens (tertiary/aromatic N) is 5. The van der Waals surface area contributed by atoms with Gasteiger partial charge in [-0.2, -0.15) is 0 Å². The molecule has 0 bridgehead atoms. The van der Waals surface area contributed by atoms with Crippen LogP contribution < -0.4 is 15.7 Å². The molecule has 0 spiro atoms. The lowest BCUT2D eigenvalue weighted by atomic mass is 9.93. The summed E-state index contributed by atoms with van der Waals surface area (Å²) in [5.41, 5.74) is 10.5. The second kappa shape index (κ2) is 20.7. The maximum absolute atomic E-state index is 14.0. The first-order valence-corrected chi connectivity index (χ1v) is 22.6. The Hall–Kier alpha value is -4.32. The predicted octanol–water partition coefficient (Wildman–Crippen LogP) is 8.47. The minimum Gasteiger partial charge on any atom is -0.405 e. The molecule has 0 aliphatic rings. The van der Waals surface area contributed by atoms with Crippen LogP contribution in [-0.4, -0.2) is 66.4 Å². The summed E-state index contributed by atoms with van der Waals surface area (Å²) in [6.45, 7) is 17.3. The monoisotopic (exact) mass is 796 g/mol. The molecule has 2 amide bonds. The van der Waals surface area contributed by atoms with Crippen molar-refractivity contribution in [2.24, 2.45) is 17.0 Å². The number of benzene rings is 3. The standard InChI is InChI=1S/C44H60N6O4SSi/c1-9-26-50(43(53)40(48-49-45)32(5)10-2)38(31(3)4)28-39(51)42-47-37(30-55-42)41(52)46-34(27-33-20-14-11-15-21-33)29-54-56(44(6,7)8,35-22-16-12-17-23-35)36-24-18-13-19-25-36/h11-25,30-32,34,38-40,51H,9-10,26-29H2,1-8H3,(H,46,52)/t32-,34-,38+,39+,40-/m0/s1. The quantitative estimate of drug-likeness (QED) is 0.0400. The van der Waals surface area contributed by atoms with Crippen molar-refractivity contribution in [2.45, 2.75) is 110 Å². The summed E-state index contributed by atoms with van der Waals surface area (Å²) in [5, 5.41) is 22.8. The van der Waals surface area contributed by atoms with Crippen LogP contribution >= 0.6 is 11.3 Å². The summed E-state index contributed by atoms with van der Waals surface area (Å²) in [6, 6.07) is 29.4. The van der Waals surface area contributed by atoms with Crippen molar-refractivity contribution in [1.82, 2.24) is 15.2 Å². The highest BCUT2D eigenvalue weighted by Crippen LogP contribution is 2.37. The molecular formula is C44H60N6O4SSi. The summed E-state index contributed by atoms with van der Waals surface area (Å²) >= 11 is 1.23. The van der Waals surface area contributed by atoms with Gasteiger partial charge >= 0.3 is 0 Å². The number of hydrogen-bond donors (Lipinski definition) is 2. The van der Waals surface area contributed by atoms with Gasteiger partial charge in [-0.15, -0.1) is 11.3 Å². The van der Waals surface area contributed by atoms with Crippen LogP contribution in [0.3, 0.4) is 0 Å². The fourth-order valence-corrected chi connectivity index (χ4v) is 12.9. The number of aliphatic hydroxyl groups excluding tert-OH is 1. The van der Waals surface area contributed by atoms with Gasteiger partial charge in [-0.3, -0.25) is 9.59 Å². The van der Waals surface area contributed by atoms with E-state index in [-0.39, 0.29) is 59.5 Å². The molecule has 1 heterocycles. The molecule has 0 unspecified atom stereocenters. The minimum absolute atomic E-state index is 0.000754. The number of rotatable bonds is 20. The molecule has 3 aromatic carbocycles. The van der Waals surface area contributed by atoms with E-state index < -0.39 is 20.5 Å². The first-order chi connectivity index (χ1) is 26.8. The molecule has 0 fully saturated rings. The van der Waals surface area contributed by atoms with Gasteiger partial charge < -0.3 is 19.7 Å². The van der Waals surface area contributed by atoms with Crippen molar-refractivity contribution in [3.05, 3.63) is 123 Å². The number of aliphatic hydroxyl groups is 1. The third-order valence-electron chi connectivity index (χ3n) is 10.6. The highest BCUT2D eigenvalue weighted by molar-refractivity contribution is 7.09. The fourth-order valence-electron chi connectivity index (χ4n) is 7.47. The van der Waals surface area contributed by atoms with E-state index in [1.165, 1.54) is 11.3 Å². The Morgan fingerprint density at radius 1 is 0.964 bits per heavy atom. The number of thiazole rings is 1. The van der Waals surface area contributed by atoms with Gasteiger partial charge in [-0.25, -0.2) is 4.98 Å². The van der Waals surface area contributed by atoms with Crippen LogP contribution in [0.5, 0.6) is 0 Å². The van der Waals surface area contributed by atoms with Crippen LogP contribution in [0.1, 0.15) is 102 Å². The summed E-state index contributed by atoms with van der Waals surface area (Å²) in [6.07, 6.45) is 1.16. The van der Waals surface area contributed by atoms with Gasteiger partial charge in [0.15, 0.2) is 0 Å². The number of carbonyl (C=O) groups excluding carboxylic acids is 2. The third kappa shape index (κ3) is 11.0. The van der Waals surface area contributed by atoms with E-state index >= 15 is 0 Å². The van der Waals surface area contributed by atoms with Crippen molar-refractivity contribution in [1.29, 1.82) is 0 Å². The van der Waals surface area contributed by atoms with Crippen LogP contribution in [0.4, 0.5) is 0 Å². The van der Waals surface area contributed by atoms with E-state index in [9.17, 15) is 20.2 Å². The van der Waals surface area contributed by atoms with Crippen LogP contribution in [0.15, 0.2) is 101 Å². The summed E-state index contributed by atoms with van der Waals surface area (Å²) in [4.78, 5) is 37.2. The van der Waals surface area contributed by atoms with Gasteiger partial charge in [0.2, 0.25) is 5.91 Å². The van der Waals surface area contributed by atoms with Crippen molar-refractivity contribution in [3.8, 4) is 0 Å². The van der Waals surface area contributed by atoms with Crippen molar-refractivity contribution >= 4 is 41.8 Å². The van der Waals surface area contributed by atoms with E-state index in [1.807, 2.05) is 65.0 Å². The Labute approximate surface area is 338 Å². The van der Waals surface area contributed by atoms with E-state index in [4.69, 9.17) is 4.43 Å². The molecule has 0 saturated carbocycles. The first kappa shape index (κ1) is 44.4. The number of hydrogen-bond acceptors (Lipinski definition) is 7. The Morgan fingerprint density at radius 2 is 1.54 bits per heavy atom. The molecule has 1 aromatic heterocycles. The lowest BCUT2D eigenvalue weighted by Crippen LogP contribution is -2.67. The zero-order valence-electron chi connectivity index (χ0n) is 34.3. The Kier molecular flexibility index (Phi) is 16.4. The average Bonchev–Trinajstić information content (AvgIpc) is 3.70. The molecule has 0 aliphatic heterocycles. The van der Waals surface area contributed by atoms with Gasteiger partial charge in [-0.1, -0.05) is 158 Å². The molecule has 0 saturated heterocycles. The fraction of sp³-hybridized carbons (Fsp3) is 0.477. The smallest absolute Gasteiger partial charge is 0.271 e. The van der Waals surface area contributed by atoms with Gasteiger partial charge in [0, 0.05) is 29.3 Å². The van der Waals surface area contributed by atoms with Gasteiger partial charge in [0.1, 0.15) is 22.8 Å². The molecule has 5 atom stereocenters. The van der Waals surface area contributed by atoms with Crippen LogP contribution in [0.25, 0.3) is 10.4 Å². The van der Waals surface area contributed by atoms with Gasteiger partial charge in [0.25, 0.3) is 14.2 Å². The molecule has 0 aliphatic carbocycles. The number of aromatic nitrogens is 1. The molecule has 4 aromatic rings. The minimum atomic E-state index is -2.89. The zero-order chi connectivity index (χ0) is 40.9. The summed E-state index contributed by atoms with van der Waals surface area (Å²) < 4.78 is 7.27. The number of azide groups is 1. The zero-order valence-corrected chi connectivity index (χ0v) is 36.1. The molecule has 4 rings (SSSR count). The third-order valence-corrected chi connectivity index (χ3v) is 16.6. The molecule has 2 N–H and O–H groups in total. The van der Waals surface area contributed by atoms with E-state index in [0.717, 1.165) is 15.9 Å². The second-order valence-electron chi connectivity index (χ2n) is 16.0. The molecule has 12 heteroatoms. The Bertz CT molecular complexity index is 1820. The molecule has 56 heavy (non-hydrogen) atoms. The van der Waals surface area contributed by atoms with E-state index in [0.29, 0.717) is 30.8 Å². The van der Waals surface area contributed by atoms with Crippen molar-refractivity contribution in [2.75, 3.05) is 13.2 Å². The van der Waals surface area contributed by atoms with Crippen LogP contribution in [-0.2, 0) is 15.6 Å². The Balaban J connectivity index is 1.59. The van der Waals surface area contributed by atoms with E-state index in [1.54, 1.807) is 10.3 Å². The van der Waals surface area contributed by atoms with Crippen molar-refractivity contribution in [3.63, 3.8) is 0 Å². The molecule has 0 radical (unpaired) electrons. The normalized spacial score (nSPS) is 14.6. The molecular weight excluding hydrogens is 737 g/mol. The highest BCUT2D eigenvalue weighted by Gasteiger charge is 2.50. The van der Waals surface area contributed by atoms with E-state index in [2.05, 4.69) is 102 Å². The maximum atomic E-state index is 14.0. The van der Waals surface area contributed by atoms with Gasteiger partial charge in [0.05, 0.1) is 12.6 Å². The maximum Gasteiger partial charge on any atom is 0.271 e. The molecule has 300 valence electrons. The number of nitrogens with one attached hydrogen (secondary N) is 1. The number of carbonyl (C=O) groups is 2. The lowest BCUT2D eigenvalue weighted by Gasteiger charge is -2.43. The highest BCUT2D eigenvalue weighted by atomic mass is 32.1.